The van der Waals surface area contributed by atoms with Crippen molar-refractivity contribution >= 4 is 5.90 Å². The van der Waals surface area contributed by atoms with Crippen LogP contribution in [0.1, 0.15) is 29.9 Å². The molecule has 0 fully saturated rings. The molecule has 1 aliphatic heterocycles. The minimum atomic E-state index is -1.19. The standard InChI is InChI=1S/C11H17NO/c1-8-5-9(2)7-11(13-4)12-10(3)6-8/h5,7,10H,6H2,1-4H3/b8-5-,9-7-,12-11?/i6D,10D. The third kappa shape index (κ3) is 3.05. The number of methoxy groups -OCH3 is 1. The van der Waals surface area contributed by atoms with Crippen LogP contribution in [-0.4, -0.2) is 19.0 Å². The Morgan fingerprint density at radius 1 is 1.62 bits per heavy atom. The summed E-state index contributed by atoms with van der Waals surface area (Å²) >= 11 is 0. The zero-order valence-electron chi connectivity index (χ0n) is 10.6. The molecule has 0 aromatic rings. The van der Waals surface area contributed by atoms with Gasteiger partial charge in [-0.15, -0.1) is 0 Å². The predicted octanol–water partition coefficient (Wildman–Crippen LogP) is 2.72. The van der Waals surface area contributed by atoms with Crippen molar-refractivity contribution in [1.29, 1.82) is 0 Å². The Hall–Kier alpha value is -1.05. The highest BCUT2D eigenvalue weighted by Crippen LogP contribution is 2.14. The number of nitrogens with zero attached hydrogens (tertiary/aromatic N) is 1. The van der Waals surface area contributed by atoms with Crippen molar-refractivity contribution < 1.29 is 7.48 Å². The van der Waals surface area contributed by atoms with Crippen LogP contribution >= 0.6 is 0 Å². The van der Waals surface area contributed by atoms with E-state index in [9.17, 15) is 0 Å². The first-order valence-electron chi connectivity index (χ1n) is 5.37. The van der Waals surface area contributed by atoms with E-state index in [1.807, 2.05) is 19.9 Å². The minimum absolute atomic E-state index is 0.408. The van der Waals surface area contributed by atoms with E-state index in [0.717, 1.165) is 11.1 Å². The Morgan fingerprint density at radius 3 is 2.92 bits per heavy atom. The molecule has 1 aliphatic rings. The van der Waals surface area contributed by atoms with Crippen molar-refractivity contribution in [2.24, 2.45) is 4.99 Å². The number of allylic oxidation sites excluding steroid dienone is 2. The Morgan fingerprint density at radius 2 is 2.31 bits per heavy atom. The minimum Gasteiger partial charge on any atom is -0.481 e. The second kappa shape index (κ2) is 4.26. The van der Waals surface area contributed by atoms with Crippen molar-refractivity contribution in [2.45, 2.75) is 33.2 Å². The maximum absolute atomic E-state index is 7.97. The third-order valence-corrected chi connectivity index (χ3v) is 1.74. The quantitative estimate of drug-likeness (QED) is 0.563. The average Bonchev–Trinajstić information content (AvgIpc) is 2.13. The van der Waals surface area contributed by atoms with Crippen LogP contribution in [0, 0.1) is 0 Å². The number of aliphatic imine (C=N–C) groups is 1. The Kier molecular flexibility index (Phi) is 2.41. The first-order chi connectivity index (χ1) is 6.86. The number of rotatable bonds is 0. The molecule has 0 saturated carbocycles. The molecule has 0 aromatic carbocycles. The number of ether oxygens (including phenoxy) is 1. The van der Waals surface area contributed by atoms with Gasteiger partial charge in [0.25, 0.3) is 0 Å². The van der Waals surface area contributed by atoms with Crippen molar-refractivity contribution in [3.63, 3.8) is 0 Å². The zero-order valence-corrected chi connectivity index (χ0v) is 8.59. The summed E-state index contributed by atoms with van der Waals surface area (Å²) in [5.74, 6) is 0.408. The molecule has 0 aliphatic carbocycles. The Labute approximate surface area is 82.8 Å². The van der Waals surface area contributed by atoms with E-state index < -0.39 is 12.4 Å². The molecular weight excluding hydrogens is 162 g/mol. The monoisotopic (exact) mass is 181 g/mol. The van der Waals surface area contributed by atoms with Crippen molar-refractivity contribution in [3.8, 4) is 0 Å². The van der Waals surface area contributed by atoms with Gasteiger partial charge in [-0.1, -0.05) is 11.6 Å². The van der Waals surface area contributed by atoms with E-state index in [0.29, 0.717) is 5.90 Å². The van der Waals surface area contributed by atoms with E-state index in [2.05, 4.69) is 4.99 Å². The van der Waals surface area contributed by atoms with Gasteiger partial charge < -0.3 is 4.74 Å². The summed E-state index contributed by atoms with van der Waals surface area (Å²) in [7, 11) is 1.52. The van der Waals surface area contributed by atoms with Crippen molar-refractivity contribution in [1.82, 2.24) is 0 Å². The summed E-state index contributed by atoms with van der Waals surface area (Å²) in [5, 5.41) is 0. The lowest BCUT2D eigenvalue weighted by molar-refractivity contribution is 0.401. The summed E-state index contributed by atoms with van der Waals surface area (Å²) in [6.07, 6.45) is 3.02. The van der Waals surface area contributed by atoms with Crippen LogP contribution in [0.5, 0.6) is 0 Å². The van der Waals surface area contributed by atoms with Gasteiger partial charge >= 0.3 is 0 Å². The fraction of sp³-hybridized carbons (Fsp3) is 0.545. The van der Waals surface area contributed by atoms with Crippen LogP contribution in [0.25, 0.3) is 0 Å². The SMILES string of the molecule is [2H]C1/C(C)=C\C(C)=C/C(OC)=NC1([2H])C. The van der Waals surface area contributed by atoms with Gasteiger partial charge in [0, 0.05) is 7.45 Å². The van der Waals surface area contributed by atoms with Gasteiger partial charge in [-0.25, -0.2) is 4.99 Å². The Bertz CT molecular complexity index is 342. The van der Waals surface area contributed by atoms with Crippen molar-refractivity contribution in [2.75, 3.05) is 7.11 Å². The second-order valence-electron chi connectivity index (χ2n) is 3.22. The average molecular weight is 181 g/mol. The highest BCUT2D eigenvalue weighted by Gasteiger charge is 2.06. The van der Waals surface area contributed by atoms with Gasteiger partial charge in [-0.05, 0) is 32.7 Å². The second-order valence-corrected chi connectivity index (χ2v) is 3.22. The lowest BCUT2D eigenvalue weighted by Crippen LogP contribution is -2.08. The first kappa shape index (κ1) is 7.36. The van der Waals surface area contributed by atoms with Crippen LogP contribution in [0.3, 0.4) is 0 Å². The van der Waals surface area contributed by atoms with E-state index in [1.165, 1.54) is 7.11 Å². The van der Waals surface area contributed by atoms with Crippen LogP contribution < -0.4 is 0 Å². The van der Waals surface area contributed by atoms with Gasteiger partial charge in [0.05, 0.1) is 14.5 Å². The summed E-state index contributed by atoms with van der Waals surface area (Å²) in [6, 6.07) is -1.19. The molecule has 0 spiro atoms. The van der Waals surface area contributed by atoms with Crippen LogP contribution in [0.4, 0.5) is 0 Å². The Balaban J connectivity index is 3.23. The van der Waals surface area contributed by atoms with Crippen molar-refractivity contribution in [3.05, 3.63) is 23.3 Å². The smallest absolute Gasteiger partial charge is 0.208 e. The highest BCUT2D eigenvalue weighted by atomic mass is 16.5. The fourth-order valence-corrected chi connectivity index (χ4v) is 1.31. The molecule has 0 N–H and O–H groups in total. The molecule has 0 saturated heterocycles. The number of hydrogen-bond donors (Lipinski definition) is 0. The summed E-state index contributed by atoms with van der Waals surface area (Å²) in [5.41, 5.74) is 1.83. The fourth-order valence-electron chi connectivity index (χ4n) is 1.31. The van der Waals surface area contributed by atoms with E-state index in [-0.39, 0.29) is 0 Å². The third-order valence-electron chi connectivity index (χ3n) is 1.74. The molecule has 0 bridgehead atoms. The molecule has 1 heterocycles. The van der Waals surface area contributed by atoms with Gasteiger partial charge in [0.2, 0.25) is 5.90 Å². The molecule has 13 heavy (non-hydrogen) atoms. The molecule has 2 atom stereocenters. The maximum Gasteiger partial charge on any atom is 0.208 e. The van der Waals surface area contributed by atoms with Crippen LogP contribution in [0.15, 0.2) is 28.3 Å². The molecule has 0 aromatic heterocycles. The van der Waals surface area contributed by atoms with Crippen LogP contribution in [-0.2, 0) is 4.74 Å². The van der Waals surface area contributed by atoms with Gasteiger partial charge in [0.15, 0.2) is 0 Å². The van der Waals surface area contributed by atoms with E-state index in [4.69, 9.17) is 7.48 Å². The van der Waals surface area contributed by atoms with Crippen LogP contribution in [0.2, 0.25) is 0 Å². The predicted molar refractivity (Wildman–Crippen MR) is 56.0 cm³/mol. The molecule has 2 nitrogen and oxygen atoms in total. The lowest BCUT2D eigenvalue weighted by atomic mass is 10.1. The topological polar surface area (TPSA) is 21.6 Å². The first-order valence-corrected chi connectivity index (χ1v) is 4.29. The van der Waals surface area contributed by atoms with Gasteiger partial charge in [0.1, 0.15) is 0 Å². The lowest BCUT2D eigenvalue weighted by Gasteiger charge is -2.12. The molecule has 0 radical (unpaired) electrons. The molecule has 0 amide bonds. The highest BCUT2D eigenvalue weighted by molar-refractivity contribution is 5.89. The molecule has 72 valence electrons. The normalized spacial score (nSPS) is 45.2. The van der Waals surface area contributed by atoms with Gasteiger partial charge in [-0.2, -0.15) is 0 Å². The van der Waals surface area contributed by atoms with E-state index >= 15 is 0 Å². The summed E-state index contributed by atoms with van der Waals surface area (Å²) in [4.78, 5) is 4.12. The number of hydrogen-bond acceptors (Lipinski definition) is 2. The largest absolute Gasteiger partial charge is 0.481 e. The summed E-state index contributed by atoms with van der Waals surface area (Å²) < 4.78 is 21.0. The molecular formula is C11H17NO. The van der Waals surface area contributed by atoms with E-state index in [1.54, 1.807) is 13.0 Å². The summed E-state index contributed by atoms with van der Waals surface area (Å²) in [6.45, 7) is 5.40. The maximum atomic E-state index is 7.97. The molecule has 2 unspecified atom stereocenters. The molecule has 1 rings (SSSR count). The van der Waals surface area contributed by atoms with Gasteiger partial charge in [-0.3, -0.25) is 0 Å². The zero-order chi connectivity index (χ0) is 11.6. The molecule has 2 heteroatoms.